The summed E-state index contributed by atoms with van der Waals surface area (Å²) in [5.74, 6) is 0.687. The third-order valence-corrected chi connectivity index (χ3v) is 13.0. The van der Waals surface area contributed by atoms with E-state index in [2.05, 4.69) is 10.6 Å². The van der Waals surface area contributed by atoms with E-state index >= 15 is 0 Å². The molecule has 0 aliphatic rings. The number of aryl methyl sites for hydroxylation is 2. The van der Waals surface area contributed by atoms with Gasteiger partial charge in [0.15, 0.2) is 0 Å². The van der Waals surface area contributed by atoms with E-state index in [1.165, 1.54) is 7.94 Å². The molecule has 4 aromatic carbocycles. The molecule has 2 atom stereocenters. The highest BCUT2D eigenvalue weighted by atomic mass is 32.2. The van der Waals surface area contributed by atoms with Crippen molar-refractivity contribution >= 4 is 41.9 Å². The molecule has 0 radical (unpaired) electrons. The minimum atomic E-state index is -4.11. The summed E-state index contributed by atoms with van der Waals surface area (Å²) in [5.41, 5.74) is 3.33. The fraction of sp³-hybridized carbons (Fsp3) is 0.333. The highest BCUT2D eigenvalue weighted by Gasteiger charge is 2.28. The van der Waals surface area contributed by atoms with Crippen LogP contribution in [-0.4, -0.2) is 72.4 Å². The van der Waals surface area contributed by atoms with Crippen molar-refractivity contribution in [3.05, 3.63) is 120 Å². The Morgan fingerprint density at radius 2 is 0.945 bits per heavy atom. The Morgan fingerprint density at radius 1 is 0.582 bits per heavy atom. The number of fused-ring (bicyclic) bond motifs is 2. The van der Waals surface area contributed by atoms with E-state index < -0.39 is 32.3 Å². The van der Waals surface area contributed by atoms with Crippen LogP contribution < -0.4 is 15.4 Å². The van der Waals surface area contributed by atoms with Crippen LogP contribution in [-0.2, 0) is 32.9 Å². The molecule has 6 rings (SSSR count). The molecule has 4 N–H and O–H groups in total. The van der Waals surface area contributed by atoms with Gasteiger partial charge in [0.1, 0.15) is 11.5 Å². The van der Waals surface area contributed by atoms with Crippen LogP contribution in [0.4, 0.5) is 0 Å². The highest BCUT2D eigenvalue weighted by molar-refractivity contribution is 7.90. The number of aliphatic hydroxyl groups is 2. The van der Waals surface area contributed by atoms with Crippen molar-refractivity contribution in [2.75, 3.05) is 13.1 Å². The zero-order valence-corrected chi connectivity index (χ0v) is 33.7. The number of aromatic nitrogens is 2. The first kappa shape index (κ1) is 40.2. The molecule has 0 saturated heterocycles. The van der Waals surface area contributed by atoms with Crippen LogP contribution in [0.25, 0.3) is 21.8 Å². The first-order valence-electron chi connectivity index (χ1n) is 18.5. The second-order valence-corrected chi connectivity index (χ2v) is 18.3. The summed E-state index contributed by atoms with van der Waals surface area (Å²) < 4.78 is 66.4. The predicted molar refractivity (Wildman–Crippen MR) is 217 cm³/mol. The monoisotopic (exact) mass is 786 g/mol. The number of benzene rings is 4. The lowest BCUT2D eigenvalue weighted by Gasteiger charge is -2.17. The molecule has 0 bridgehead atoms. The summed E-state index contributed by atoms with van der Waals surface area (Å²) in [4.78, 5) is 0.217. The van der Waals surface area contributed by atoms with Gasteiger partial charge in [-0.05, 0) is 74.5 Å². The molecular formula is C42H50N4O7S2. The summed E-state index contributed by atoms with van der Waals surface area (Å²) in [6, 6.07) is 27.2. The van der Waals surface area contributed by atoms with E-state index in [1.54, 1.807) is 97.1 Å². The molecule has 292 valence electrons. The molecule has 6 aromatic rings. The Kier molecular flexibility index (Phi) is 11.9. The normalized spacial score (nSPS) is 13.6. The van der Waals surface area contributed by atoms with E-state index in [0.29, 0.717) is 44.7 Å². The second-order valence-electron chi connectivity index (χ2n) is 14.8. The molecule has 55 heavy (non-hydrogen) atoms. The largest absolute Gasteiger partial charge is 0.456 e. The molecular weight excluding hydrogens is 737 g/mol. The Morgan fingerprint density at radius 3 is 1.29 bits per heavy atom. The minimum absolute atomic E-state index is 0.0472. The van der Waals surface area contributed by atoms with Gasteiger partial charge in [-0.15, -0.1) is 0 Å². The number of aliphatic hydroxyl groups excluding tert-OH is 2. The maximum absolute atomic E-state index is 14.3. The number of hydrogen-bond donors (Lipinski definition) is 4. The van der Waals surface area contributed by atoms with E-state index in [1.807, 2.05) is 41.5 Å². The van der Waals surface area contributed by atoms with Crippen LogP contribution in [0.1, 0.15) is 50.2 Å². The highest BCUT2D eigenvalue weighted by Crippen LogP contribution is 2.39. The first-order valence-corrected chi connectivity index (χ1v) is 21.4. The smallest absolute Gasteiger partial charge is 0.268 e. The molecule has 0 fully saturated rings. The van der Waals surface area contributed by atoms with Gasteiger partial charge >= 0.3 is 0 Å². The van der Waals surface area contributed by atoms with Gasteiger partial charge < -0.3 is 25.6 Å². The van der Waals surface area contributed by atoms with Crippen LogP contribution in [0, 0.1) is 13.8 Å². The molecule has 0 spiro atoms. The van der Waals surface area contributed by atoms with Gasteiger partial charge in [0.05, 0.1) is 33.0 Å². The van der Waals surface area contributed by atoms with Crippen molar-refractivity contribution in [3.63, 3.8) is 0 Å². The van der Waals surface area contributed by atoms with E-state index in [9.17, 15) is 27.0 Å². The zero-order chi connectivity index (χ0) is 39.7. The molecule has 0 amide bonds. The van der Waals surface area contributed by atoms with Gasteiger partial charge in [-0.1, -0.05) is 75.2 Å². The number of nitrogens with zero attached hydrogens (tertiary/aromatic N) is 2. The predicted octanol–water partition coefficient (Wildman–Crippen LogP) is 6.28. The van der Waals surface area contributed by atoms with Gasteiger partial charge in [0, 0.05) is 60.2 Å². The summed E-state index contributed by atoms with van der Waals surface area (Å²) in [6.07, 6.45) is -1.66. The zero-order valence-electron chi connectivity index (χ0n) is 32.0. The van der Waals surface area contributed by atoms with Gasteiger partial charge in [-0.3, -0.25) is 0 Å². The van der Waals surface area contributed by atoms with Crippen molar-refractivity contribution in [2.45, 2.75) is 88.5 Å². The topological polar surface area (TPSA) is 152 Å². The van der Waals surface area contributed by atoms with Gasteiger partial charge in [-0.25, -0.2) is 24.8 Å². The summed E-state index contributed by atoms with van der Waals surface area (Å²) in [6.45, 7) is 12.2. The minimum Gasteiger partial charge on any atom is -0.456 e. The molecule has 0 aliphatic heterocycles. The van der Waals surface area contributed by atoms with Crippen LogP contribution in [0.15, 0.2) is 107 Å². The lowest BCUT2D eigenvalue weighted by molar-refractivity contribution is 0.167. The number of rotatable bonds is 16. The number of hydrogen-bond acceptors (Lipinski definition) is 9. The molecule has 0 aliphatic carbocycles. The quantitative estimate of drug-likeness (QED) is 0.0889. The van der Waals surface area contributed by atoms with Gasteiger partial charge in [0.25, 0.3) is 20.0 Å². The molecule has 13 heteroatoms. The lowest BCUT2D eigenvalue weighted by atomic mass is 10.1. The molecule has 2 unspecified atom stereocenters. The van der Waals surface area contributed by atoms with Crippen LogP contribution in [0.5, 0.6) is 11.5 Å². The Balaban J connectivity index is 1.48. The maximum atomic E-state index is 14.3. The third kappa shape index (κ3) is 8.67. The van der Waals surface area contributed by atoms with E-state index in [0.717, 1.165) is 11.1 Å². The second kappa shape index (κ2) is 16.3. The van der Waals surface area contributed by atoms with E-state index in [4.69, 9.17) is 4.74 Å². The number of ether oxygens (including phenoxy) is 1. The van der Waals surface area contributed by atoms with Crippen molar-refractivity contribution in [3.8, 4) is 11.5 Å². The van der Waals surface area contributed by atoms with Crippen LogP contribution in [0.3, 0.4) is 0 Å². The van der Waals surface area contributed by atoms with E-state index in [-0.39, 0.29) is 47.8 Å². The third-order valence-electron chi connectivity index (χ3n) is 9.42. The molecule has 11 nitrogen and oxygen atoms in total. The number of nitrogens with one attached hydrogen (secondary N) is 2. The van der Waals surface area contributed by atoms with Crippen molar-refractivity contribution in [1.29, 1.82) is 0 Å². The first-order chi connectivity index (χ1) is 26.1. The Labute approximate surface area is 323 Å². The summed E-state index contributed by atoms with van der Waals surface area (Å²) in [5, 5.41) is 29.5. The lowest BCUT2D eigenvalue weighted by Crippen LogP contribution is -2.33. The average molecular weight is 787 g/mol. The summed E-state index contributed by atoms with van der Waals surface area (Å²) >= 11 is 0. The van der Waals surface area contributed by atoms with Crippen LogP contribution >= 0.6 is 0 Å². The fourth-order valence-corrected chi connectivity index (χ4v) is 9.71. The Bertz CT molecular complexity index is 2330. The van der Waals surface area contributed by atoms with Crippen molar-refractivity contribution in [1.82, 2.24) is 18.6 Å². The molecule has 2 heterocycles. The van der Waals surface area contributed by atoms with Gasteiger partial charge in [-0.2, -0.15) is 0 Å². The average Bonchev–Trinajstić information content (AvgIpc) is 3.70. The molecule has 2 aromatic heterocycles. The maximum Gasteiger partial charge on any atom is 0.268 e. The fourth-order valence-electron chi connectivity index (χ4n) is 6.62. The standard InChI is InChI=1S/C42H50N4O7S2/c1-27(2)43-25-33(47)21-31-23-37-39(45(31)54(49,50)35-17-13-29(5)14-18-35)9-7-11-41(37)53-42-12-8-10-40-38(42)24-32(22-34(48)26-44-28(3)4)46(40)55(51,52)36-19-15-30(6)16-20-36/h7-20,23-24,27-28,33-34,43-44,47-48H,21-22,25-26H2,1-6H3. The van der Waals surface area contributed by atoms with Crippen molar-refractivity contribution in [2.24, 2.45) is 0 Å². The SMILES string of the molecule is Cc1ccc(S(=O)(=O)n2c(CC(O)CNC(C)C)cc3c(Oc4cccc5c4cc(CC(O)CNC(C)C)n5S(=O)(=O)c4ccc(C)cc4)cccc32)cc1. The van der Waals surface area contributed by atoms with Crippen molar-refractivity contribution < 1.29 is 31.8 Å². The Hall–Kier alpha value is -4.50. The summed E-state index contributed by atoms with van der Waals surface area (Å²) in [7, 11) is -8.22. The van der Waals surface area contributed by atoms with Crippen LogP contribution in [0.2, 0.25) is 0 Å². The molecule has 0 saturated carbocycles. The van der Waals surface area contributed by atoms with Gasteiger partial charge in [0.2, 0.25) is 0 Å².